The van der Waals surface area contributed by atoms with E-state index < -0.39 is 11.9 Å². The smallest absolute Gasteiger partial charge is 0.387 e. The summed E-state index contributed by atoms with van der Waals surface area (Å²) in [5.41, 5.74) is 0.944. The molecule has 2 heterocycles. The van der Waals surface area contributed by atoms with Crippen LogP contribution in [0.3, 0.4) is 0 Å². The molecular weight excluding hydrogens is 516 g/mol. The molecule has 0 saturated carbocycles. The Morgan fingerprint density at radius 1 is 1.31 bits per heavy atom. The number of rotatable bonds is 9. The Labute approximate surface area is 215 Å². The van der Waals surface area contributed by atoms with Crippen molar-refractivity contribution in [2.75, 3.05) is 25.6 Å². The van der Waals surface area contributed by atoms with Crippen molar-refractivity contribution in [1.82, 2.24) is 4.90 Å². The van der Waals surface area contributed by atoms with Gasteiger partial charge < -0.3 is 19.5 Å². The van der Waals surface area contributed by atoms with E-state index in [0.717, 1.165) is 12.8 Å². The lowest BCUT2D eigenvalue weighted by molar-refractivity contribution is -0.129. The average Bonchev–Trinajstić information content (AvgIpc) is 3.44. The van der Waals surface area contributed by atoms with E-state index in [1.165, 1.54) is 48.0 Å². The molecule has 0 spiro atoms. The lowest BCUT2D eigenvalue weighted by Gasteiger charge is -2.20. The summed E-state index contributed by atoms with van der Waals surface area (Å²) >= 11 is 7.30. The van der Waals surface area contributed by atoms with E-state index in [9.17, 15) is 18.4 Å². The molecule has 8 nitrogen and oxygen atoms in total. The normalized spacial score (nSPS) is 20.9. The Morgan fingerprint density at radius 3 is 2.72 bits per heavy atom. The number of carbonyl (C=O) groups excluding carboxylic acids is 2. The Morgan fingerprint density at radius 2 is 2.08 bits per heavy atom. The van der Waals surface area contributed by atoms with Crippen molar-refractivity contribution in [3.63, 3.8) is 0 Å². The number of nitrogens with zero attached hydrogens (tertiary/aromatic N) is 2. The molecule has 2 aromatic rings. The highest BCUT2D eigenvalue weighted by Gasteiger charge is 2.40. The van der Waals surface area contributed by atoms with Gasteiger partial charge >= 0.3 is 6.61 Å². The fourth-order valence-electron chi connectivity index (χ4n) is 3.82. The molecule has 0 aliphatic carbocycles. The number of nitrogens with one attached hydrogen (secondary N) is 1. The zero-order chi connectivity index (χ0) is 25.7. The van der Waals surface area contributed by atoms with Crippen LogP contribution in [0, 0.1) is 0 Å². The molecule has 2 fully saturated rings. The number of amidine groups is 1. The molecule has 2 saturated heterocycles. The Bertz CT molecular complexity index is 1130. The van der Waals surface area contributed by atoms with Gasteiger partial charge in [0.05, 0.1) is 30.5 Å². The minimum Gasteiger partial charge on any atom is -0.495 e. The van der Waals surface area contributed by atoms with Crippen molar-refractivity contribution in [2.24, 2.45) is 4.99 Å². The van der Waals surface area contributed by atoms with Crippen molar-refractivity contribution in [1.29, 1.82) is 0 Å². The first-order chi connectivity index (χ1) is 17.3. The number of aliphatic imine (C=N–C) groups is 1. The fraction of sp³-hybridized carbons (Fsp3) is 0.375. The van der Waals surface area contributed by atoms with Gasteiger partial charge in [0.1, 0.15) is 16.7 Å². The van der Waals surface area contributed by atoms with Gasteiger partial charge in [-0.3, -0.25) is 14.5 Å². The van der Waals surface area contributed by atoms with Crippen LogP contribution in [-0.2, 0) is 14.3 Å². The number of amides is 2. The van der Waals surface area contributed by atoms with Crippen LogP contribution in [0.15, 0.2) is 47.5 Å². The standard InChI is InChI=1S/C24H24ClF2N3O5S/c1-33-19-9-6-15(11-18(19)25)28-21(31)12-20-22(32)30(13-17-3-2-10-34-17)24(36-20)29-14-4-7-16(8-5-14)35-23(26)27/h4-9,11,17,20,23H,2-3,10,12-13H2,1H3,(H,28,31). The number of halogens is 3. The van der Waals surface area contributed by atoms with Gasteiger partial charge in [-0.1, -0.05) is 23.4 Å². The molecule has 36 heavy (non-hydrogen) atoms. The first kappa shape index (κ1) is 26.2. The van der Waals surface area contributed by atoms with E-state index in [0.29, 0.717) is 40.5 Å². The summed E-state index contributed by atoms with van der Waals surface area (Å²) in [5, 5.41) is 2.84. The second kappa shape index (κ2) is 11.9. The number of methoxy groups -OCH3 is 1. The molecule has 0 aromatic heterocycles. The summed E-state index contributed by atoms with van der Waals surface area (Å²) in [5.74, 6) is -0.104. The molecule has 4 rings (SSSR count). The molecule has 2 aliphatic rings. The number of hydrogen-bond donors (Lipinski definition) is 1. The summed E-state index contributed by atoms with van der Waals surface area (Å²) in [6.07, 6.45) is 1.55. The Hall–Kier alpha value is -2.89. The molecule has 2 unspecified atom stereocenters. The summed E-state index contributed by atoms with van der Waals surface area (Å²) in [7, 11) is 1.50. The maximum absolute atomic E-state index is 13.2. The molecule has 2 aliphatic heterocycles. The molecule has 0 radical (unpaired) electrons. The summed E-state index contributed by atoms with van der Waals surface area (Å²) < 4.78 is 40.0. The highest BCUT2D eigenvalue weighted by atomic mass is 35.5. The summed E-state index contributed by atoms with van der Waals surface area (Å²) in [4.78, 5) is 32.0. The highest BCUT2D eigenvalue weighted by molar-refractivity contribution is 8.15. The van der Waals surface area contributed by atoms with Gasteiger partial charge in [-0.15, -0.1) is 0 Å². The number of carbonyl (C=O) groups is 2. The van der Waals surface area contributed by atoms with Crippen LogP contribution < -0.4 is 14.8 Å². The van der Waals surface area contributed by atoms with Gasteiger partial charge in [0.25, 0.3) is 0 Å². The zero-order valence-corrected chi connectivity index (χ0v) is 20.9. The number of alkyl halides is 2. The molecule has 2 aromatic carbocycles. The van der Waals surface area contributed by atoms with Crippen LogP contribution in [0.1, 0.15) is 19.3 Å². The van der Waals surface area contributed by atoms with E-state index in [2.05, 4.69) is 15.0 Å². The monoisotopic (exact) mass is 539 g/mol. The maximum atomic E-state index is 13.2. The molecule has 2 amide bonds. The number of thioether (sulfide) groups is 1. The second-order valence-corrected chi connectivity index (χ2v) is 9.64. The predicted octanol–water partition coefficient (Wildman–Crippen LogP) is 5.09. The maximum Gasteiger partial charge on any atom is 0.387 e. The van der Waals surface area contributed by atoms with Gasteiger partial charge in [0.2, 0.25) is 11.8 Å². The van der Waals surface area contributed by atoms with Gasteiger partial charge in [0, 0.05) is 18.7 Å². The van der Waals surface area contributed by atoms with E-state index in [1.807, 2.05) is 0 Å². The lowest BCUT2D eigenvalue weighted by atomic mass is 10.2. The van der Waals surface area contributed by atoms with Crippen LogP contribution >= 0.6 is 23.4 Å². The first-order valence-corrected chi connectivity index (χ1v) is 12.4. The van der Waals surface area contributed by atoms with Gasteiger partial charge in [-0.25, -0.2) is 4.99 Å². The lowest BCUT2D eigenvalue weighted by Crippen LogP contribution is -2.38. The van der Waals surface area contributed by atoms with Crippen LogP contribution in [0.5, 0.6) is 11.5 Å². The number of benzene rings is 2. The first-order valence-electron chi connectivity index (χ1n) is 11.2. The quantitative estimate of drug-likeness (QED) is 0.477. The molecule has 2 atom stereocenters. The van der Waals surface area contributed by atoms with Crippen LogP contribution in [0.2, 0.25) is 5.02 Å². The largest absolute Gasteiger partial charge is 0.495 e. The summed E-state index contributed by atoms with van der Waals surface area (Å²) in [6, 6.07) is 10.7. The minimum atomic E-state index is -2.92. The Kier molecular flexibility index (Phi) is 8.65. The SMILES string of the molecule is COc1ccc(NC(=O)CC2SC(=Nc3ccc(OC(F)F)cc3)N(CC3CCCO3)C2=O)cc1Cl. The van der Waals surface area contributed by atoms with Gasteiger partial charge in [-0.2, -0.15) is 8.78 Å². The highest BCUT2D eigenvalue weighted by Crippen LogP contribution is 2.34. The van der Waals surface area contributed by atoms with Crippen LogP contribution in [0.25, 0.3) is 0 Å². The second-order valence-electron chi connectivity index (χ2n) is 8.06. The number of anilines is 1. The van der Waals surface area contributed by atoms with Crippen LogP contribution in [-0.4, -0.2) is 60.1 Å². The zero-order valence-electron chi connectivity index (χ0n) is 19.3. The van der Waals surface area contributed by atoms with Crippen molar-refractivity contribution < 1.29 is 32.6 Å². The number of ether oxygens (including phenoxy) is 3. The third kappa shape index (κ3) is 6.65. The molecule has 12 heteroatoms. The summed E-state index contributed by atoms with van der Waals surface area (Å²) in [6.45, 7) is -1.97. The molecule has 1 N–H and O–H groups in total. The van der Waals surface area contributed by atoms with Crippen LogP contribution in [0.4, 0.5) is 20.2 Å². The molecular formula is C24H24ClF2N3O5S. The van der Waals surface area contributed by atoms with E-state index in [1.54, 1.807) is 18.2 Å². The van der Waals surface area contributed by atoms with E-state index in [4.69, 9.17) is 21.1 Å². The van der Waals surface area contributed by atoms with Crippen molar-refractivity contribution in [2.45, 2.75) is 37.2 Å². The average molecular weight is 540 g/mol. The third-order valence-electron chi connectivity index (χ3n) is 5.52. The van der Waals surface area contributed by atoms with Crippen molar-refractivity contribution in [3.05, 3.63) is 47.5 Å². The van der Waals surface area contributed by atoms with Gasteiger partial charge in [-0.05, 0) is 55.3 Å². The third-order valence-corrected chi connectivity index (χ3v) is 6.99. The fourth-order valence-corrected chi connectivity index (χ4v) is 5.25. The number of hydrogen-bond acceptors (Lipinski definition) is 7. The molecule has 192 valence electrons. The Balaban J connectivity index is 1.47. The topological polar surface area (TPSA) is 89.5 Å². The minimum absolute atomic E-state index is 0.00787. The van der Waals surface area contributed by atoms with Gasteiger partial charge in [0.15, 0.2) is 5.17 Å². The van der Waals surface area contributed by atoms with Crippen molar-refractivity contribution >= 4 is 51.7 Å². The molecule has 0 bridgehead atoms. The van der Waals surface area contributed by atoms with E-state index >= 15 is 0 Å². The predicted molar refractivity (Wildman–Crippen MR) is 133 cm³/mol. The van der Waals surface area contributed by atoms with E-state index in [-0.39, 0.29) is 30.1 Å². The van der Waals surface area contributed by atoms with Crippen molar-refractivity contribution in [3.8, 4) is 11.5 Å².